The lowest BCUT2D eigenvalue weighted by molar-refractivity contribution is 0.0735. The molecule has 3 aromatic rings. The summed E-state index contributed by atoms with van der Waals surface area (Å²) in [4.78, 5) is 17.4. The Hall–Kier alpha value is -3.19. The van der Waals surface area contributed by atoms with Gasteiger partial charge in [0, 0.05) is 11.1 Å². The van der Waals surface area contributed by atoms with E-state index in [9.17, 15) is 4.79 Å². The van der Waals surface area contributed by atoms with Crippen molar-refractivity contribution < 1.29 is 9.53 Å². The number of aryl methyl sites for hydroxylation is 1. The molecule has 2 aromatic carbocycles. The summed E-state index contributed by atoms with van der Waals surface area (Å²) in [5, 5.41) is 9.92. The van der Waals surface area contributed by atoms with Gasteiger partial charge in [-0.3, -0.25) is 4.98 Å². The second kappa shape index (κ2) is 6.51. The van der Waals surface area contributed by atoms with Crippen LogP contribution >= 0.6 is 0 Å². The summed E-state index contributed by atoms with van der Waals surface area (Å²) in [7, 11) is 0. The third kappa shape index (κ3) is 2.72. The van der Waals surface area contributed by atoms with Crippen LogP contribution < -0.4 is 4.74 Å². The van der Waals surface area contributed by atoms with E-state index in [0.29, 0.717) is 11.1 Å². The van der Waals surface area contributed by atoms with Crippen molar-refractivity contribution in [2.75, 3.05) is 0 Å². The van der Waals surface area contributed by atoms with Gasteiger partial charge in [0.1, 0.15) is 11.8 Å². The van der Waals surface area contributed by atoms with E-state index in [2.05, 4.69) is 4.98 Å². The molecule has 0 bridgehead atoms. The molecule has 4 heteroatoms. The Morgan fingerprint density at radius 2 is 1.88 bits per heavy atom. The van der Waals surface area contributed by atoms with Gasteiger partial charge in [0.05, 0.1) is 16.6 Å². The number of rotatable bonds is 3. The molecular weight excluding hydrogens is 300 g/mol. The summed E-state index contributed by atoms with van der Waals surface area (Å²) in [5.41, 5.74) is 3.29. The minimum absolute atomic E-state index is 0.267. The van der Waals surface area contributed by atoms with Crippen molar-refractivity contribution in [3.05, 3.63) is 70.9 Å². The van der Waals surface area contributed by atoms with Gasteiger partial charge in [-0.25, -0.2) is 4.79 Å². The van der Waals surface area contributed by atoms with Gasteiger partial charge in [-0.05, 0) is 37.1 Å². The molecule has 0 aliphatic rings. The number of pyridine rings is 1. The molecule has 0 fully saturated rings. The van der Waals surface area contributed by atoms with Gasteiger partial charge in [0.25, 0.3) is 0 Å². The number of hydrogen-bond acceptors (Lipinski definition) is 4. The fourth-order valence-corrected chi connectivity index (χ4v) is 2.76. The molecule has 0 amide bonds. The molecule has 0 saturated carbocycles. The summed E-state index contributed by atoms with van der Waals surface area (Å²) >= 11 is 0. The van der Waals surface area contributed by atoms with Crippen molar-refractivity contribution >= 4 is 16.9 Å². The molecule has 1 aromatic heterocycles. The molecular formula is C20H16N2O2. The molecule has 118 valence electrons. The minimum atomic E-state index is -0.469. The number of fused-ring (bicyclic) bond motifs is 1. The number of esters is 1. The maximum atomic E-state index is 12.8. The van der Waals surface area contributed by atoms with E-state index in [4.69, 9.17) is 10.00 Å². The number of hydrogen-bond donors (Lipinski definition) is 0. The number of carbonyl (C=O) groups excluding carboxylic acids is 1. The Bertz CT molecular complexity index is 971. The molecule has 0 aliphatic heterocycles. The number of aromatic nitrogens is 1. The van der Waals surface area contributed by atoms with E-state index in [-0.39, 0.29) is 5.75 Å². The van der Waals surface area contributed by atoms with Gasteiger partial charge in [-0.2, -0.15) is 5.26 Å². The molecule has 24 heavy (non-hydrogen) atoms. The van der Waals surface area contributed by atoms with Crippen LogP contribution in [0.4, 0.5) is 0 Å². The molecule has 4 nitrogen and oxygen atoms in total. The maximum absolute atomic E-state index is 12.8. The quantitative estimate of drug-likeness (QED) is 0.537. The van der Waals surface area contributed by atoms with Crippen LogP contribution in [-0.4, -0.2) is 11.0 Å². The standard InChI is InChI=1S/C20H16N2O2/c1-3-16-13(2)19(15-9-5-6-10-17(15)22-16)20(23)24-18-11-7-4-8-14(18)12-21/h4-11H,3H2,1-2H3. The lowest BCUT2D eigenvalue weighted by Crippen LogP contribution is -2.14. The molecule has 1 heterocycles. The number of nitrogens with zero attached hydrogens (tertiary/aromatic N) is 2. The van der Waals surface area contributed by atoms with Crippen molar-refractivity contribution in [1.82, 2.24) is 4.98 Å². The average Bonchev–Trinajstić information content (AvgIpc) is 2.61. The van der Waals surface area contributed by atoms with Crippen LogP contribution in [-0.2, 0) is 6.42 Å². The second-order valence-corrected chi connectivity index (χ2v) is 5.43. The fourth-order valence-electron chi connectivity index (χ4n) is 2.76. The summed E-state index contributed by atoms with van der Waals surface area (Å²) in [6.07, 6.45) is 0.728. The Balaban J connectivity index is 2.13. The molecule has 0 radical (unpaired) electrons. The highest BCUT2D eigenvalue weighted by Gasteiger charge is 2.20. The van der Waals surface area contributed by atoms with Crippen LogP contribution in [0.2, 0.25) is 0 Å². The highest BCUT2D eigenvalue weighted by atomic mass is 16.5. The highest BCUT2D eigenvalue weighted by Crippen LogP contribution is 2.26. The summed E-state index contributed by atoms with van der Waals surface area (Å²) < 4.78 is 5.52. The number of benzene rings is 2. The van der Waals surface area contributed by atoms with Crippen LogP contribution in [0.1, 0.15) is 34.1 Å². The van der Waals surface area contributed by atoms with E-state index in [1.54, 1.807) is 24.3 Å². The topological polar surface area (TPSA) is 63.0 Å². The maximum Gasteiger partial charge on any atom is 0.344 e. The van der Waals surface area contributed by atoms with Crippen LogP contribution in [0.25, 0.3) is 10.9 Å². The van der Waals surface area contributed by atoms with Crippen LogP contribution in [0, 0.1) is 18.3 Å². The van der Waals surface area contributed by atoms with Gasteiger partial charge >= 0.3 is 5.97 Å². The van der Waals surface area contributed by atoms with E-state index >= 15 is 0 Å². The molecule has 0 aliphatic carbocycles. The van der Waals surface area contributed by atoms with Crippen molar-refractivity contribution in [3.63, 3.8) is 0 Å². The number of para-hydroxylation sites is 2. The average molecular weight is 316 g/mol. The number of nitriles is 1. The zero-order valence-corrected chi connectivity index (χ0v) is 13.5. The molecule has 3 rings (SSSR count). The molecule has 0 saturated heterocycles. The van der Waals surface area contributed by atoms with Gasteiger partial charge in [0.15, 0.2) is 0 Å². The van der Waals surface area contributed by atoms with Crippen LogP contribution in [0.5, 0.6) is 5.75 Å². The molecule has 0 unspecified atom stereocenters. The third-order valence-corrected chi connectivity index (χ3v) is 3.99. The summed E-state index contributed by atoms with van der Waals surface area (Å²) in [5.74, 6) is -0.202. The summed E-state index contributed by atoms with van der Waals surface area (Å²) in [6.45, 7) is 3.88. The smallest absolute Gasteiger partial charge is 0.344 e. The minimum Gasteiger partial charge on any atom is -0.421 e. The third-order valence-electron chi connectivity index (χ3n) is 3.99. The van der Waals surface area contributed by atoms with E-state index in [0.717, 1.165) is 28.6 Å². The largest absolute Gasteiger partial charge is 0.421 e. The van der Waals surface area contributed by atoms with Crippen LogP contribution in [0.15, 0.2) is 48.5 Å². The predicted molar refractivity (Wildman–Crippen MR) is 92.0 cm³/mol. The first-order valence-electron chi connectivity index (χ1n) is 7.75. The zero-order valence-electron chi connectivity index (χ0n) is 13.5. The van der Waals surface area contributed by atoms with Gasteiger partial charge < -0.3 is 4.74 Å². The Morgan fingerprint density at radius 1 is 1.17 bits per heavy atom. The first kappa shape index (κ1) is 15.7. The Labute approximate surface area is 140 Å². The van der Waals surface area contributed by atoms with Crippen molar-refractivity contribution in [2.45, 2.75) is 20.3 Å². The van der Waals surface area contributed by atoms with Crippen molar-refractivity contribution in [2.24, 2.45) is 0 Å². The lowest BCUT2D eigenvalue weighted by atomic mass is 10.0. The first-order chi connectivity index (χ1) is 11.7. The van der Waals surface area contributed by atoms with E-state index < -0.39 is 5.97 Å². The van der Waals surface area contributed by atoms with E-state index in [1.165, 1.54) is 0 Å². The molecule has 0 atom stereocenters. The Morgan fingerprint density at radius 3 is 2.62 bits per heavy atom. The van der Waals surface area contributed by atoms with Gasteiger partial charge in [-0.15, -0.1) is 0 Å². The SMILES string of the molecule is CCc1nc2ccccc2c(C(=O)Oc2ccccc2C#N)c1C. The monoisotopic (exact) mass is 316 g/mol. The normalized spacial score (nSPS) is 10.4. The van der Waals surface area contributed by atoms with Crippen LogP contribution in [0.3, 0.4) is 0 Å². The van der Waals surface area contributed by atoms with Gasteiger partial charge in [-0.1, -0.05) is 37.3 Å². The Kier molecular flexibility index (Phi) is 4.26. The first-order valence-corrected chi connectivity index (χ1v) is 7.75. The molecule has 0 N–H and O–H groups in total. The lowest BCUT2D eigenvalue weighted by Gasteiger charge is -2.13. The van der Waals surface area contributed by atoms with E-state index in [1.807, 2.05) is 44.2 Å². The number of carbonyl (C=O) groups is 1. The molecule has 0 spiro atoms. The predicted octanol–water partition coefficient (Wildman–Crippen LogP) is 4.20. The zero-order chi connectivity index (χ0) is 17.1. The van der Waals surface area contributed by atoms with Crippen molar-refractivity contribution in [3.8, 4) is 11.8 Å². The second-order valence-electron chi connectivity index (χ2n) is 5.43. The van der Waals surface area contributed by atoms with Gasteiger partial charge in [0.2, 0.25) is 0 Å². The van der Waals surface area contributed by atoms with Crippen molar-refractivity contribution in [1.29, 1.82) is 5.26 Å². The summed E-state index contributed by atoms with van der Waals surface area (Å²) in [6, 6.07) is 16.3. The highest BCUT2D eigenvalue weighted by molar-refractivity contribution is 6.05. The fraction of sp³-hybridized carbons (Fsp3) is 0.150. The number of ether oxygens (including phenoxy) is 1.